The lowest BCUT2D eigenvalue weighted by Crippen LogP contribution is -2.53. The van der Waals surface area contributed by atoms with Crippen LogP contribution in [0, 0.1) is 6.92 Å². The number of rotatable bonds is 4. The van der Waals surface area contributed by atoms with E-state index in [1.807, 2.05) is 22.5 Å². The van der Waals surface area contributed by atoms with Gasteiger partial charge in [-0.05, 0) is 56.5 Å². The van der Waals surface area contributed by atoms with Gasteiger partial charge in [-0.15, -0.1) is 11.3 Å². The summed E-state index contributed by atoms with van der Waals surface area (Å²) < 4.78 is 0. The fraction of sp³-hybridized carbons (Fsp3) is 0.400. The standard InChI is InChI=1S/C25H29N5OS/c1-18-6-5-7-21(14-18)30-13-12-29(16-19(30)2)25(31)22-17-32-24(27-22)20-8-9-26-23(15-20)28-10-3-4-11-28/h5-9,14-15,17,19H,3-4,10-13,16H2,1-2H3/t19-/m0/s1. The second-order valence-corrected chi connectivity index (χ2v) is 9.63. The number of pyridine rings is 1. The smallest absolute Gasteiger partial charge is 0.273 e. The van der Waals surface area contributed by atoms with Crippen molar-refractivity contribution in [1.82, 2.24) is 14.9 Å². The van der Waals surface area contributed by atoms with Gasteiger partial charge in [0, 0.05) is 61.6 Å². The van der Waals surface area contributed by atoms with Crippen molar-refractivity contribution in [1.29, 1.82) is 0 Å². The van der Waals surface area contributed by atoms with Crippen LogP contribution in [-0.4, -0.2) is 59.5 Å². The van der Waals surface area contributed by atoms with E-state index in [1.165, 1.54) is 35.4 Å². The summed E-state index contributed by atoms with van der Waals surface area (Å²) in [5.41, 5.74) is 4.06. The Balaban J connectivity index is 1.28. The topological polar surface area (TPSA) is 52.6 Å². The van der Waals surface area contributed by atoms with Crippen LogP contribution in [0.25, 0.3) is 10.6 Å². The molecule has 166 valence electrons. The van der Waals surface area contributed by atoms with Crippen LogP contribution >= 0.6 is 11.3 Å². The van der Waals surface area contributed by atoms with Gasteiger partial charge < -0.3 is 14.7 Å². The molecule has 6 nitrogen and oxygen atoms in total. The van der Waals surface area contributed by atoms with Crippen LogP contribution in [0.5, 0.6) is 0 Å². The van der Waals surface area contributed by atoms with E-state index in [9.17, 15) is 4.79 Å². The molecule has 2 aliphatic heterocycles. The molecule has 2 aromatic heterocycles. The highest BCUT2D eigenvalue weighted by Crippen LogP contribution is 2.29. The van der Waals surface area contributed by atoms with E-state index >= 15 is 0 Å². The van der Waals surface area contributed by atoms with Crippen molar-refractivity contribution in [3.05, 3.63) is 59.2 Å². The van der Waals surface area contributed by atoms with Crippen molar-refractivity contribution in [3.8, 4) is 10.6 Å². The first-order valence-electron chi connectivity index (χ1n) is 11.4. The van der Waals surface area contributed by atoms with Gasteiger partial charge in [-0.1, -0.05) is 12.1 Å². The highest BCUT2D eigenvalue weighted by atomic mass is 32.1. The van der Waals surface area contributed by atoms with Crippen LogP contribution in [0.4, 0.5) is 11.5 Å². The van der Waals surface area contributed by atoms with Gasteiger partial charge in [-0.25, -0.2) is 9.97 Å². The number of piperazine rings is 1. The number of carbonyl (C=O) groups is 1. The van der Waals surface area contributed by atoms with Gasteiger partial charge in [-0.3, -0.25) is 4.79 Å². The number of hydrogen-bond acceptors (Lipinski definition) is 6. The first-order chi connectivity index (χ1) is 15.6. The third kappa shape index (κ3) is 4.21. The normalized spacial score (nSPS) is 18.9. The molecule has 0 aliphatic carbocycles. The van der Waals surface area contributed by atoms with E-state index in [0.29, 0.717) is 18.8 Å². The lowest BCUT2D eigenvalue weighted by Gasteiger charge is -2.41. The number of anilines is 2. The van der Waals surface area contributed by atoms with Crippen LogP contribution in [0.3, 0.4) is 0 Å². The highest BCUT2D eigenvalue weighted by Gasteiger charge is 2.29. The zero-order valence-electron chi connectivity index (χ0n) is 18.7. The molecule has 7 heteroatoms. The Labute approximate surface area is 193 Å². The number of nitrogens with zero attached hydrogens (tertiary/aromatic N) is 5. The predicted molar refractivity (Wildman–Crippen MR) is 131 cm³/mol. The number of aryl methyl sites for hydroxylation is 1. The van der Waals surface area contributed by atoms with Crippen LogP contribution in [0.2, 0.25) is 0 Å². The minimum atomic E-state index is 0.0251. The fourth-order valence-electron chi connectivity index (χ4n) is 4.67. The quantitative estimate of drug-likeness (QED) is 0.591. The summed E-state index contributed by atoms with van der Waals surface area (Å²) in [5, 5.41) is 2.77. The average Bonchev–Trinajstić information content (AvgIpc) is 3.51. The Hall–Kier alpha value is -2.93. The second-order valence-electron chi connectivity index (χ2n) is 8.77. The maximum absolute atomic E-state index is 13.2. The molecular formula is C25H29N5OS. The second kappa shape index (κ2) is 8.90. The number of amides is 1. The third-order valence-electron chi connectivity index (χ3n) is 6.39. The minimum absolute atomic E-state index is 0.0251. The molecule has 0 bridgehead atoms. The lowest BCUT2D eigenvalue weighted by atomic mass is 10.1. The number of carbonyl (C=O) groups excluding carboxylic acids is 1. The van der Waals surface area contributed by atoms with Crippen molar-refractivity contribution >= 4 is 28.7 Å². The summed E-state index contributed by atoms with van der Waals surface area (Å²) in [6, 6.07) is 12.9. The molecule has 0 N–H and O–H groups in total. The summed E-state index contributed by atoms with van der Waals surface area (Å²) in [6.07, 6.45) is 4.28. The molecule has 4 heterocycles. The van der Waals surface area contributed by atoms with E-state index < -0.39 is 0 Å². The number of aromatic nitrogens is 2. The lowest BCUT2D eigenvalue weighted by molar-refractivity contribution is 0.0721. The molecule has 0 spiro atoms. The van der Waals surface area contributed by atoms with Crippen molar-refractivity contribution in [3.63, 3.8) is 0 Å². The maximum Gasteiger partial charge on any atom is 0.273 e. The van der Waals surface area contributed by atoms with Gasteiger partial charge in [0.15, 0.2) is 0 Å². The van der Waals surface area contributed by atoms with Crippen molar-refractivity contribution in [2.24, 2.45) is 0 Å². The molecule has 2 saturated heterocycles. The maximum atomic E-state index is 13.2. The molecule has 0 saturated carbocycles. The van der Waals surface area contributed by atoms with Crippen LogP contribution in [0.15, 0.2) is 48.0 Å². The highest BCUT2D eigenvalue weighted by molar-refractivity contribution is 7.13. The molecule has 0 radical (unpaired) electrons. The monoisotopic (exact) mass is 447 g/mol. The summed E-state index contributed by atoms with van der Waals surface area (Å²) in [4.78, 5) is 29.1. The van der Waals surface area contributed by atoms with Crippen molar-refractivity contribution in [2.75, 3.05) is 42.5 Å². The van der Waals surface area contributed by atoms with Crippen LogP contribution in [0.1, 0.15) is 35.8 Å². The molecule has 32 heavy (non-hydrogen) atoms. The zero-order chi connectivity index (χ0) is 22.1. The van der Waals surface area contributed by atoms with E-state index in [1.54, 1.807) is 0 Å². The molecule has 5 rings (SSSR count). The molecule has 1 aromatic carbocycles. The van der Waals surface area contributed by atoms with Crippen LogP contribution < -0.4 is 9.80 Å². The average molecular weight is 448 g/mol. The molecule has 0 unspecified atom stereocenters. The number of benzene rings is 1. The van der Waals surface area contributed by atoms with Gasteiger partial charge >= 0.3 is 0 Å². The summed E-state index contributed by atoms with van der Waals surface area (Å²) in [6.45, 7) is 8.66. The number of thiazole rings is 1. The third-order valence-corrected chi connectivity index (χ3v) is 7.29. The Kier molecular flexibility index (Phi) is 5.83. The van der Waals surface area contributed by atoms with Gasteiger partial charge in [0.25, 0.3) is 5.91 Å². The van der Waals surface area contributed by atoms with E-state index in [0.717, 1.165) is 36.0 Å². The van der Waals surface area contributed by atoms with E-state index in [-0.39, 0.29) is 11.9 Å². The van der Waals surface area contributed by atoms with Crippen molar-refractivity contribution in [2.45, 2.75) is 32.7 Å². The summed E-state index contributed by atoms with van der Waals surface area (Å²) in [7, 11) is 0. The van der Waals surface area contributed by atoms with Gasteiger partial charge in [0.1, 0.15) is 16.5 Å². The first kappa shape index (κ1) is 20.9. The largest absolute Gasteiger partial charge is 0.365 e. The predicted octanol–water partition coefficient (Wildman–Crippen LogP) is 4.46. The minimum Gasteiger partial charge on any atom is -0.365 e. The SMILES string of the molecule is Cc1cccc(N2CCN(C(=O)c3csc(-c4ccnc(N5CCCC5)c4)n3)C[C@@H]2C)c1. The van der Waals surface area contributed by atoms with Gasteiger partial charge in [-0.2, -0.15) is 0 Å². The Morgan fingerprint density at radius 2 is 1.94 bits per heavy atom. The zero-order valence-corrected chi connectivity index (χ0v) is 19.5. The molecular weight excluding hydrogens is 418 g/mol. The van der Waals surface area contributed by atoms with E-state index in [4.69, 9.17) is 4.98 Å². The Bertz CT molecular complexity index is 1110. The number of hydrogen-bond donors (Lipinski definition) is 0. The summed E-state index contributed by atoms with van der Waals surface area (Å²) in [5.74, 6) is 1.03. The van der Waals surface area contributed by atoms with Crippen LogP contribution in [-0.2, 0) is 0 Å². The molecule has 1 amide bonds. The molecule has 2 aliphatic rings. The molecule has 1 atom stereocenters. The molecule has 2 fully saturated rings. The summed E-state index contributed by atoms with van der Waals surface area (Å²) >= 11 is 1.53. The fourth-order valence-corrected chi connectivity index (χ4v) is 5.46. The van der Waals surface area contributed by atoms with Gasteiger partial charge in [0.2, 0.25) is 0 Å². The Morgan fingerprint density at radius 1 is 1.09 bits per heavy atom. The van der Waals surface area contributed by atoms with E-state index in [2.05, 4.69) is 59.0 Å². The Morgan fingerprint density at radius 3 is 2.72 bits per heavy atom. The van der Waals surface area contributed by atoms with Crippen molar-refractivity contribution < 1.29 is 4.79 Å². The first-order valence-corrected chi connectivity index (χ1v) is 12.3. The molecule has 3 aromatic rings. The van der Waals surface area contributed by atoms with Gasteiger partial charge in [0.05, 0.1) is 0 Å².